The van der Waals surface area contributed by atoms with Crippen LogP contribution in [0.4, 0.5) is 5.69 Å². The van der Waals surface area contributed by atoms with Crippen molar-refractivity contribution in [2.45, 2.75) is 25.8 Å². The average molecular weight is 196 g/mol. The molecule has 0 amide bonds. The predicted molar refractivity (Wildman–Crippen MR) is 49.5 cm³/mol. The molecule has 1 aliphatic carbocycles. The maximum absolute atomic E-state index is 10.7. The van der Waals surface area contributed by atoms with E-state index in [9.17, 15) is 10.1 Å². The van der Waals surface area contributed by atoms with Crippen LogP contribution in [-0.2, 0) is 5.54 Å². The first-order chi connectivity index (χ1) is 6.38. The first-order valence-electron chi connectivity index (χ1n) is 4.36. The monoisotopic (exact) mass is 196 g/mol. The van der Waals surface area contributed by atoms with E-state index in [1.54, 1.807) is 0 Å². The van der Waals surface area contributed by atoms with Gasteiger partial charge < -0.3 is 5.73 Å². The minimum atomic E-state index is -0.619. The molecule has 1 aliphatic rings. The smallest absolute Gasteiger partial charge is 0.311 e. The summed E-state index contributed by atoms with van der Waals surface area (Å²) in [5, 5.41) is 17.0. The summed E-state index contributed by atoms with van der Waals surface area (Å²) in [6, 6.07) is 0. The lowest BCUT2D eigenvalue weighted by atomic mass is 10.0. The Balaban J connectivity index is 2.44. The second kappa shape index (κ2) is 2.33. The molecule has 1 unspecified atom stereocenters. The second-order valence-corrected chi connectivity index (χ2v) is 4.42. The molecule has 0 aliphatic heterocycles. The van der Waals surface area contributed by atoms with E-state index in [0.717, 1.165) is 6.42 Å². The normalized spacial score (nSPS) is 28.8. The van der Waals surface area contributed by atoms with Gasteiger partial charge in [-0.3, -0.25) is 15.2 Å². The summed E-state index contributed by atoms with van der Waals surface area (Å²) >= 11 is 0. The highest BCUT2D eigenvalue weighted by molar-refractivity contribution is 5.43. The number of nitro groups is 1. The van der Waals surface area contributed by atoms with Gasteiger partial charge in [0.2, 0.25) is 0 Å². The number of nitrogens with one attached hydrogen (secondary N) is 1. The lowest BCUT2D eigenvalue weighted by molar-refractivity contribution is -0.385. The summed E-state index contributed by atoms with van der Waals surface area (Å²) in [5.74, 6) is 0. The second-order valence-electron chi connectivity index (χ2n) is 4.42. The van der Waals surface area contributed by atoms with Gasteiger partial charge in [0.25, 0.3) is 0 Å². The molecule has 0 saturated heterocycles. The van der Waals surface area contributed by atoms with Crippen LogP contribution in [0.2, 0.25) is 0 Å². The number of hydrogen-bond donors (Lipinski definition) is 2. The highest BCUT2D eigenvalue weighted by atomic mass is 16.6. The molecule has 0 spiro atoms. The van der Waals surface area contributed by atoms with Crippen molar-refractivity contribution in [3.63, 3.8) is 0 Å². The number of aromatic amines is 1. The quantitative estimate of drug-likeness (QED) is 0.542. The molecular weight excluding hydrogens is 184 g/mol. The Kier molecular flexibility index (Phi) is 1.52. The maximum atomic E-state index is 10.7. The van der Waals surface area contributed by atoms with E-state index in [1.807, 2.05) is 13.8 Å². The van der Waals surface area contributed by atoms with Crippen LogP contribution in [0.25, 0.3) is 0 Å². The zero-order valence-electron chi connectivity index (χ0n) is 8.07. The lowest BCUT2D eigenvalue weighted by Gasteiger charge is -2.11. The molecule has 0 aromatic carbocycles. The number of aromatic nitrogens is 2. The third kappa shape index (κ3) is 0.971. The van der Waals surface area contributed by atoms with Crippen LogP contribution in [0.3, 0.4) is 0 Å². The van der Waals surface area contributed by atoms with Crippen molar-refractivity contribution in [2.75, 3.05) is 0 Å². The molecule has 76 valence electrons. The number of nitrogens with zero attached hydrogens (tertiary/aromatic N) is 2. The molecule has 6 nitrogen and oxygen atoms in total. The molecule has 0 radical (unpaired) electrons. The maximum Gasteiger partial charge on any atom is 0.311 e. The molecule has 3 N–H and O–H groups in total. The Bertz CT molecular complexity index is 398. The van der Waals surface area contributed by atoms with Crippen LogP contribution in [0.5, 0.6) is 0 Å². The molecular formula is C8H12N4O2. The van der Waals surface area contributed by atoms with Gasteiger partial charge in [-0.2, -0.15) is 5.10 Å². The molecule has 2 rings (SSSR count). The topological polar surface area (TPSA) is 97.8 Å². The minimum Gasteiger partial charge on any atom is -0.319 e. The van der Waals surface area contributed by atoms with E-state index in [-0.39, 0.29) is 11.1 Å². The largest absolute Gasteiger partial charge is 0.319 e. The molecule has 1 aromatic rings. The van der Waals surface area contributed by atoms with E-state index < -0.39 is 10.5 Å². The first-order valence-corrected chi connectivity index (χ1v) is 4.36. The Morgan fingerprint density at radius 3 is 2.71 bits per heavy atom. The van der Waals surface area contributed by atoms with Gasteiger partial charge in [-0.15, -0.1) is 0 Å². The van der Waals surface area contributed by atoms with E-state index in [1.165, 1.54) is 6.20 Å². The van der Waals surface area contributed by atoms with Crippen LogP contribution in [-0.4, -0.2) is 15.1 Å². The zero-order valence-corrected chi connectivity index (χ0v) is 8.07. The van der Waals surface area contributed by atoms with E-state index >= 15 is 0 Å². The third-order valence-electron chi connectivity index (χ3n) is 3.07. The highest BCUT2D eigenvalue weighted by Gasteiger charge is 2.62. The number of nitrogens with two attached hydrogens (primary N) is 1. The van der Waals surface area contributed by atoms with Crippen LogP contribution >= 0.6 is 0 Å². The molecule has 14 heavy (non-hydrogen) atoms. The predicted octanol–water partition coefficient (Wildman–Crippen LogP) is 0.902. The van der Waals surface area contributed by atoms with Gasteiger partial charge in [0.15, 0.2) is 0 Å². The van der Waals surface area contributed by atoms with Gasteiger partial charge >= 0.3 is 5.69 Å². The van der Waals surface area contributed by atoms with Gasteiger partial charge in [0.05, 0.1) is 10.5 Å². The Morgan fingerprint density at radius 2 is 2.29 bits per heavy atom. The molecule has 1 fully saturated rings. The summed E-state index contributed by atoms with van der Waals surface area (Å²) in [7, 11) is 0. The lowest BCUT2D eigenvalue weighted by Crippen LogP contribution is -2.26. The zero-order chi connectivity index (χ0) is 10.6. The Morgan fingerprint density at radius 1 is 1.71 bits per heavy atom. The molecule has 1 atom stereocenters. The van der Waals surface area contributed by atoms with Gasteiger partial charge in [-0.25, -0.2) is 0 Å². The molecule has 6 heteroatoms. The first kappa shape index (κ1) is 9.14. The van der Waals surface area contributed by atoms with Crippen molar-refractivity contribution < 1.29 is 4.92 Å². The number of H-pyrrole nitrogens is 1. The van der Waals surface area contributed by atoms with Gasteiger partial charge in [-0.05, 0) is 11.8 Å². The summed E-state index contributed by atoms with van der Waals surface area (Å²) in [4.78, 5) is 10.2. The van der Waals surface area contributed by atoms with Crippen LogP contribution in [0, 0.1) is 15.5 Å². The fourth-order valence-corrected chi connectivity index (χ4v) is 1.83. The van der Waals surface area contributed by atoms with Crippen LogP contribution in [0.15, 0.2) is 6.20 Å². The van der Waals surface area contributed by atoms with Crippen molar-refractivity contribution >= 4 is 5.69 Å². The fourth-order valence-electron chi connectivity index (χ4n) is 1.83. The highest BCUT2D eigenvalue weighted by Crippen LogP contribution is 2.61. The van der Waals surface area contributed by atoms with E-state index in [4.69, 9.17) is 5.73 Å². The summed E-state index contributed by atoms with van der Waals surface area (Å²) < 4.78 is 0. The summed E-state index contributed by atoms with van der Waals surface area (Å²) in [5.41, 5.74) is 5.76. The average Bonchev–Trinajstić information content (AvgIpc) is 2.52. The van der Waals surface area contributed by atoms with Crippen molar-refractivity contribution in [1.29, 1.82) is 0 Å². The molecule has 1 saturated carbocycles. The molecule has 0 bridgehead atoms. The molecule has 1 aromatic heterocycles. The Hall–Kier alpha value is -1.43. The SMILES string of the molecule is CC1(C)CC1(N)c1[nH]ncc1[N+](=O)[O-]. The summed E-state index contributed by atoms with van der Waals surface area (Å²) in [6.45, 7) is 3.97. The van der Waals surface area contributed by atoms with E-state index in [0.29, 0.717) is 5.69 Å². The van der Waals surface area contributed by atoms with Gasteiger partial charge in [0.1, 0.15) is 11.9 Å². The van der Waals surface area contributed by atoms with E-state index in [2.05, 4.69) is 10.2 Å². The molecule has 1 heterocycles. The standard InChI is InChI=1S/C8H12N4O2/c1-7(2)4-8(7,9)6-5(12(13)14)3-10-11-6/h3H,4,9H2,1-2H3,(H,10,11). The third-order valence-corrected chi connectivity index (χ3v) is 3.07. The Labute approximate surface area is 80.6 Å². The fraction of sp³-hybridized carbons (Fsp3) is 0.625. The van der Waals surface area contributed by atoms with Crippen LogP contribution in [0.1, 0.15) is 26.0 Å². The van der Waals surface area contributed by atoms with Gasteiger partial charge in [0, 0.05) is 0 Å². The number of rotatable bonds is 2. The minimum absolute atomic E-state index is 0.0157. The van der Waals surface area contributed by atoms with Crippen molar-refractivity contribution in [3.8, 4) is 0 Å². The van der Waals surface area contributed by atoms with Crippen molar-refractivity contribution in [1.82, 2.24) is 10.2 Å². The van der Waals surface area contributed by atoms with Crippen LogP contribution < -0.4 is 5.73 Å². The summed E-state index contributed by atoms with van der Waals surface area (Å²) in [6.07, 6.45) is 1.95. The van der Waals surface area contributed by atoms with Crippen molar-refractivity contribution in [3.05, 3.63) is 22.0 Å². The van der Waals surface area contributed by atoms with Crippen molar-refractivity contribution in [2.24, 2.45) is 11.1 Å². The number of hydrogen-bond acceptors (Lipinski definition) is 4. The van der Waals surface area contributed by atoms with Gasteiger partial charge in [-0.1, -0.05) is 13.8 Å².